The number of anilines is 1. The zero-order valence-electron chi connectivity index (χ0n) is 11.5. The van der Waals surface area contributed by atoms with Gasteiger partial charge in [-0.25, -0.2) is 0 Å². The van der Waals surface area contributed by atoms with E-state index in [1.54, 1.807) is 0 Å². The van der Waals surface area contributed by atoms with Crippen LogP contribution in [0.3, 0.4) is 0 Å². The predicted molar refractivity (Wildman–Crippen MR) is 76.1 cm³/mol. The van der Waals surface area contributed by atoms with Gasteiger partial charge < -0.3 is 20.1 Å². The molecule has 108 valence electrons. The van der Waals surface area contributed by atoms with Crippen molar-refractivity contribution in [3.8, 4) is 0 Å². The molecule has 0 bridgehead atoms. The van der Waals surface area contributed by atoms with Crippen LogP contribution in [0.25, 0.3) is 0 Å². The quantitative estimate of drug-likeness (QED) is 0.870. The summed E-state index contributed by atoms with van der Waals surface area (Å²) in [5, 5.41) is 6.29. The smallest absolute Gasteiger partial charge is 0.251 e. The second kappa shape index (κ2) is 6.24. The molecule has 5 heteroatoms. The van der Waals surface area contributed by atoms with E-state index in [1.807, 2.05) is 18.2 Å². The molecule has 5 nitrogen and oxygen atoms in total. The fourth-order valence-corrected chi connectivity index (χ4v) is 2.68. The lowest BCUT2D eigenvalue weighted by atomic mass is 9.97. The second-order valence-corrected chi connectivity index (χ2v) is 5.14. The number of carbonyl (C=O) groups excluding carboxylic acids is 1. The first-order valence-electron chi connectivity index (χ1n) is 7.18. The van der Waals surface area contributed by atoms with Crippen LogP contribution in [0, 0.1) is 0 Å². The molecule has 0 saturated carbocycles. The minimum Gasteiger partial charge on any atom is -0.385 e. The molecule has 3 rings (SSSR count). The van der Waals surface area contributed by atoms with Gasteiger partial charge in [0.25, 0.3) is 5.91 Å². The van der Waals surface area contributed by atoms with E-state index in [1.165, 1.54) is 0 Å². The lowest BCUT2D eigenvalue weighted by Crippen LogP contribution is -2.40. The summed E-state index contributed by atoms with van der Waals surface area (Å²) >= 11 is 0. The molecule has 0 aromatic heterocycles. The number of hydrogen-bond donors (Lipinski definition) is 2. The molecule has 0 aliphatic carbocycles. The molecule has 1 aromatic rings. The summed E-state index contributed by atoms with van der Waals surface area (Å²) in [6.45, 7) is 3.27. The number of ether oxygens (including phenoxy) is 2. The Morgan fingerprint density at radius 3 is 3.20 bits per heavy atom. The number of hydrogen-bond acceptors (Lipinski definition) is 4. The Hall–Kier alpha value is -1.59. The van der Waals surface area contributed by atoms with Crippen LogP contribution in [0.2, 0.25) is 0 Å². The highest BCUT2D eigenvalue weighted by Gasteiger charge is 2.19. The standard InChI is InChI=1S/C15H20N2O3/c18-15(17-9-11-10-19-7-8-20-11)13-3-1-5-14-12(13)4-2-6-16-14/h1,3,5,11,16H,2,4,6-10H2,(H,17,18). The van der Waals surface area contributed by atoms with Gasteiger partial charge in [0.1, 0.15) is 0 Å². The van der Waals surface area contributed by atoms with Gasteiger partial charge in [0.2, 0.25) is 0 Å². The maximum atomic E-state index is 12.3. The van der Waals surface area contributed by atoms with Crippen LogP contribution >= 0.6 is 0 Å². The van der Waals surface area contributed by atoms with Crippen molar-refractivity contribution >= 4 is 11.6 Å². The molecule has 2 N–H and O–H groups in total. The highest BCUT2D eigenvalue weighted by Crippen LogP contribution is 2.25. The van der Waals surface area contributed by atoms with Crippen molar-refractivity contribution < 1.29 is 14.3 Å². The maximum absolute atomic E-state index is 12.3. The van der Waals surface area contributed by atoms with Crippen molar-refractivity contribution in [2.75, 3.05) is 38.2 Å². The first kappa shape index (κ1) is 13.4. The second-order valence-electron chi connectivity index (χ2n) is 5.14. The Bertz CT molecular complexity index is 484. The zero-order valence-corrected chi connectivity index (χ0v) is 11.5. The summed E-state index contributed by atoms with van der Waals surface area (Å²) in [6, 6.07) is 5.84. The van der Waals surface area contributed by atoms with E-state index < -0.39 is 0 Å². The number of fused-ring (bicyclic) bond motifs is 1. The molecule has 2 aliphatic heterocycles. The van der Waals surface area contributed by atoms with Gasteiger partial charge in [-0.15, -0.1) is 0 Å². The van der Waals surface area contributed by atoms with Crippen LogP contribution in [-0.2, 0) is 15.9 Å². The molecule has 0 spiro atoms. The minimum absolute atomic E-state index is 0.0280. The van der Waals surface area contributed by atoms with Crippen molar-refractivity contribution in [2.45, 2.75) is 18.9 Å². The Balaban J connectivity index is 1.64. The predicted octanol–water partition coefficient (Wildman–Crippen LogP) is 1.19. The SMILES string of the molecule is O=C(NCC1COCCO1)c1cccc2c1CCCN2. The van der Waals surface area contributed by atoms with Crippen molar-refractivity contribution in [1.29, 1.82) is 0 Å². The van der Waals surface area contributed by atoms with Crippen LogP contribution in [0.5, 0.6) is 0 Å². The maximum Gasteiger partial charge on any atom is 0.251 e. The normalized spacial score (nSPS) is 21.7. The van der Waals surface area contributed by atoms with Crippen molar-refractivity contribution in [2.24, 2.45) is 0 Å². The summed E-state index contributed by atoms with van der Waals surface area (Å²) in [7, 11) is 0. The van der Waals surface area contributed by atoms with E-state index in [0.29, 0.717) is 26.4 Å². The average Bonchev–Trinajstić information content (AvgIpc) is 2.53. The number of carbonyl (C=O) groups is 1. The van der Waals surface area contributed by atoms with Crippen LogP contribution in [-0.4, -0.2) is 44.9 Å². The zero-order chi connectivity index (χ0) is 13.8. The third kappa shape index (κ3) is 2.94. The molecular formula is C15H20N2O3. The number of nitrogens with one attached hydrogen (secondary N) is 2. The van der Waals surface area contributed by atoms with Crippen LogP contribution in [0.1, 0.15) is 22.3 Å². The van der Waals surface area contributed by atoms with Gasteiger partial charge in [-0.05, 0) is 30.5 Å². The molecule has 1 amide bonds. The van der Waals surface area contributed by atoms with E-state index in [-0.39, 0.29) is 12.0 Å². The highest BCUT2D eigenvalue weighted by molar-refractivity contribution is 5.97. The Labute approximate surface area is 118 Å². The monoisotopic (exact) mass is 276 g/mol. The largest absolute Gasteiger partial charge is 0.385 e. The molecule has 2 aliphatic rings. The van der Waals surface area contributed by atoms with Gasteiger partial charge in [0, 0.05) is 24.3 Å². The fourth-order valence-electron chi connectivity index (χ4n) is 2.68. The van der Waals surface area contributed by atoms with Gasteiger partial charge in [-0.1, -0.05) is 6.07 Å². The molecule has 0 radical (unpaired) electrons. The van der Waals surface area contributed by atoms with Crippen molar-refractivity contribution in [1.82, 2.24) is 5.32 Å². The van der Waals surface area contributed by atoms with Gasteiger partial charge >= 0.3 is 0 Å². The number of rotatable bonds is 3. The van der Waals surface area contributed by atoms with Crippen molar-refractivity contribution in [3.05, 3.63) is 29.3 Å². The first-order valence-corrected chi connectivity index (χ1v) is 7.18. The minimum atomic E-state index is -0.0367. The van der Waals surface area contributed by atoms with Gasteiger partial charge in [-0.2, -0.15) is 0 Å². The summed E-state index contributed by atoms with van der Waals surface area (Å²) in [4.78, 5) is 12.3. The lowest BCUT2D eigenvalue weighted by Gasteiger charge is -2.24. The molecule has 1 unspecified atom stereocenters. The lowest BCUT2D eigenvalue weighted by molar-refractivity contribution is -0.0855. The van der Waals surface area contributed by atoms with Crippen LogP contribution in [0.4, 0.5) is 5.69 Å². The van der Waals surface area contributed by atoms with Gasteiger partial charge in [-0.3, -0.25) is 4.79 Å². The molecule has 1 atom stereocenters. The third-order valence-electron chi connectivity index (χ3n) is 3.71. The van der Waals surface area contributed by atoms with E-state index in [2.05, 4.69) is 10.6 Å². The molecule has 1 fully saturated rings. The molecule has 1 aromatic carbocycles. The summed E-state index contributed by atoms with van der Waals surface area (Å²) in [5.74, 6) is -0.0280. The molecular weight excluding hydrogens is 256 g/mol. The Morgan fingerprint density at radius 2 is 2.35 bits per heavy atom. The summed E-state index contributed by atoms with van der Waals surface area (Å²) in [6.07, 6.45) is 1.98. The summed E-state index contributed by atoms with van der Waals surface area (Å²) < 4.78 is 10.8. The third-order valence-corrected chi connectivity index (χ3v) is 3.71. The van der Waals surface area contributed by atoms with Gasteiger partial charge in [0.15, 0.2) is 0 Å². The Morgan fingerprint density at radius 1 is 1.40 bits per heavy atom. The topological polar surface area (TPSA) is 59.6 Å². The fraction of sp³-hybridized carbons (Fsp3) is 0.533. The number of benzene rings is 1. The van der Waals surface area contributed by atoms with Crippen LogP contribution < -0.4 is 10.6 Å². The van der Waals surface area contributed by atoms with E-state index in [0.717, 1.165) is 36.2 Å². The highest BCUT2D eigenvalue weighted by atomic mass is 16.6. The Kier molecular flexibility index (Phi) is 4.18. The first-order chi connectivity index (χ1) is 9.84. The van der Waals surface area contributed by atoms with Crippen molar-refractivity contribution in [3.63, 3.8) is 0 Å². The number of amides is 1. The van der Waals surface area contributed by atoms with E-state index >= 15 is 0 Å². The van der Waals surface area contributed by atoms with E-state index in [4.69, 9.17) is 9.47 Å². The average molecular weight is 276 g/mol. The molecule has 20 heavy (non-hydrogen) atoms. The van der Waals surface area contributed by atoms with E-state index in [9.17, 15) is 4.79 Å². The van der Waals surface area contributed by atoms with Gasteiger partial charge in [0.05, 0.1) is 25.9 Å². The molecule has 2 heterocycles. The molecule has 1 saturated heterocycles. The summed E-state index contributed by atoms with van der Waals surface area (Å²) in [5.41, 5.74) is 2.98. The van der Waals surface area contributed by atoms with Crippen LogP contribution in [0.15, 0.2) is 18.2 Å².